The molecule has 0 unspecified atom stereocenters. The van der Waals surface area contributed by atoms with Crippen molar-refractivity contribution in [3.63, 3.8) is 0 Å². The van der Waals surface area contributed by atoms with E-state index in [4.69, 9.17) is 4.74 Å². The third-order valence-electron chi connectivity index (χ3n) is 5.81. The van der Waals surface area contributed by atoms with E-state index in [1.54, 1.807) is 0 Å². The molecule has 2 aromatic carbocycles. The molecule has 134 valence electrons. The molecule has 1 heterocycles. The van der Waals surface area contributed by atoms with E-state index in [2.05, 4.69) is 95.1 Å². The zero-order valence-corrected chi connectivity index (χ0v) is 16.5. The molecule has 2 heteroatoms. The second kappa shape index (κ2) is 6.49. The summed E-state index contributed by atoms with van der Waals surface area (Å²) in [5.41, 5.74) is 4.06. The smallest absolute Gasteiger partial charge is 0.119 e. The summed E-state index contributed by atoms with van der Waals surface area (Å²) in [6.07, 6.45) is 2.35. The molecule has 1 aliphatic heterocycles. The van der Waals surface area contributed by atoms with Crippen molar-refractivity contribution in [3.05, 3.63) is 54.1 Å². The molecule has 0 bridgehead atoms. The fraction of sp³-hybridized carbons (Fsp3) is 0.478. The Morgan fingerprint density at radius 3 is 1.72 bits per heavy atom. The molecule has 0 amide bonds. The zero-order chi connectivity index (χ0) is 18.2. The summed E-state index contributed by atoms with van der Waals surface area (Å²) in [7, 11) is 2.23. The van der Waals surface area contributed by atoms with Gasteiger partial charge in [0.2, 0.25) is 0 Å². The van der Waals surface area contributed by atoms with Crippen LogP contribution >= 0.6 is 0 Å². The van der Waals surface area contributed by atoms with Crippen molar-refractivity contribution in [2.45, 2.75) is 64.6 Å². The Morgan fingerprint density at radius 2 is 1.24 bits per heavy atom. The molecule has 1 fully saturated rings. The van der Waals surface area contributed by atoms with Gasteiger partial charge in [0.1, 0.15) is 11.9 Å². The monoisotopic (exact) mass is 337 g/mol. The molecular formula is C23H31NO. The van der Waals surface area contributed by atoms with E-state index >= 15 is 0 Å². The van der Waals surface area contributed by atoms with Crippen LogP contribution in [0.25, 0.3) is 11.1 Å². The molecule has 2 nitrogen and oxygen atoms in total. The number of benzene rings is 2. The lowest BCUT2D eigenvalue weighted by atomic mass is 9.79. The van der Waals surface area contributed by atoms with Gasteiger partial charge in [-0.1, -0.05) is 42.0 Å². The third kappa shape index (κ3) is 3.90. The number of nitrogens with zero attached hydrogens (tertiary/aromatic N) is 1. The van der Waals surface area contributed by atoms with Crippen LogP contribution in [0.15, 0.2) is 48.5 Å². The number of hydrogen-bond acceptors (Lipinski definition) is 2. The lowest BCUT2D eigenvalue weighted by molar-refractivity contribution is -0.0556. The van der Waals surface area contributed by atoms with Gasteiger partial charge in [-0.15, -0.1) is 0 Å². The van der Waals surface area contributed by atoms with Gasteiger partial charge in [0.05, 0.1) is 0 Å². The van der Waals surface area contributed by atoms with Crippen LogP contribution in [0.2, 0.25) is 0 Å². The Morgan fingerprint density at radius 1 is 0.800 bits per heavy atom. The Hall–Kier alpha value is -1.80. The number of likely N-dealkylation sites (tertiary alicyclic amines) is 1. The van der Waals surface area contributed by atoms with Crippen LogP contribution in [0.4, 0.5) is 0 Å². The maximum Gasteiger partial charge on any atom is 0.119 e. The first-order valence-corrected chi connectivity index (χ1v) is 9.25. The Balaban J connectivity index is 1.72. The van der Waals surface area contributed by atoms with E-state index < -0.39 is 0 Å². The molecule has 1 saturated heterocycles. The van der Waals surface area contributed by atoms with Crippen molar-refractivity contribution in [3.8, 4) is 16.9 Å². The van der Waals surface area contributed by atoms with Crippen LogP contribution in [0, 0.1) is 6.92 Å². The van der Waals surface area contributed by atoms with Gasteiger partial charge in [0.15, 0.2) is 0 Å². The van der Waals surface area contributed by atoms with Gasteiger partial charge in [0.25, 0.3) is 0 Å². The van der Waals surface area contributed by atoms with Crippen LogP contribution < -0.4 is 4.74 Å². The maximum atomic E-state index is 6.36. The van der Waals surface area contributed by atoms with Crippen molar-refractivity contribution in [2.75, 3.05) is 7.05 Å². The van der Waals surface area contributed by atoms with E-state index in [0.29, 0.717) is 0 Å². The molecule has 0 aliphatic carbocycles. The zero-order valence-electron chi connectivity index (χ0n) is 16.5. The average Bonchev–Trinajstić information content (AvgIpc) is 2.54. The lowest BCUT2D eigenvalue weighted by Crippen LogP contribution is -2.60. The summed E-state index contributed by atoms with van der Waals surface area (Å²) in [4.78, 5) is 2.49. The summed E-state index contributed by atoms with van der Waals surface area (Å²) in [6.45, 7) is 11.4. The minimum absolute atomic E-state index is 0.147. The fourth-order valence-corrected chi connectivity index (χ4v) is 4.03. The van der Waals surface area contributed by atoms with Gasteiger partial charge in [-0.25, -0.2) is 0 Å². The predicted molar refractivity (Wildman–Crippen MR) is 106 cm³/mol. The summed E-state index contributed by atoms with van der Waals surface area (Å²) in [5.74, 6) is 0.969. The van der Waals surface area contributed by atoms with Crippen molar-refractivity contribution < 1.29 is 4.74 Å². The molecule has 0 atom stereocenters. The van der Waals surface area contributed by atoms with Gasteiger partial charge < -0.3 is 4.74 Å². The van der Waals surface area contributed by atoms with E-state index in [1.807, 2.05) is 0 Å². The van der Waals surface area contributed by atoms with Crippen molar-refractivity contribution in [1.82, 2.24) is 4.90 Å². The fourth-order valence-electron chi connectivity index (χ4n) is 4.03. The summed E-state index contributed by atoms with van der Waals surface area (Å²) < 4.78 is 6.36. The molecule has 0 saturated carbocycles. The highest BCUT2D eigenvalue weighted by Crippen LogP contribution is 2.38. The van der Waals surface area contributed by atoms with Crippen LogP contribution in [-0.4, -0.2) is 29.1 Å². The molecule has 3 rings (SSSR count). The molecular weight excluding hydrogens is 306 g/mol. The highest BCUT2D eigenvalue weighted by Gasteiger charge is 2.43. The quantitative estimate of drug-likeness (QED) is 0.713. The summed E-state index contributed by atoms with van der Waals surface area (Å²) in [6, 6.07) is 17.2. The second-order valence-corrected chi connectivity index (χ2v) is 8.72. The van der Waals surface area contributed by atoms with E-state index in [0.717, 1.165) is 18.6 Å². The first-order valence-electron chi connectivity index (χ1n) is 9.25. The van der Waals surface area contributed by atoms with Crippen LogP contribution in [-0.2, 0) is 0 Å². The number of piperidine rings is 1. The molecule has 25 heavy (non-hydrogen) atoms. The molecule has 1 aliphatic rings. The third-order valence-corrected chi connectivity index (χ3v) is 5.81. The van der Waals surface area contributed by atoms with Gasteiger partial charge >= 0.3 is 0 Å². The molecule has 0 radical (unpaired) electrons. The topological polar surface area (TPSA) is 12.5 Å². The van der Waals surface area contributed by atoms with Crippen LogP contribution in [0.1, 0.15) is 46.1 Å². The van der Waals surface area contributed by atoms with Gasteiger partial charge in [-0.05, 0) is 64.9 Å². The van der Waals surface area contributed by atoms with Gasteiger partial charge in [-0.3, -0.25) is 4.90 Å². The first kappa shape index (κ1) is 18.0. The second-order valence-electron chi connectivity index (χ2n) is 8.72. The molecule has 0 N–H and O–H groups in total. The van der Waals surface area contributed by atoms with E-state index in [1.165, 1.54) is 16.7 Å². The minimum atomic E-state index is 0.147. The van der Waals surface area contributed by atoms with Crippen molar-refractivity contribution >= 4 is 0 Å². The summed E-state index contributed by atoms with van der Waals surface area (Å²) in [5, 5.41) is 0. The predicted octanol–water partition coefficient (Wildman–Crippen LogP) is 5.69. The number of rotatable bonds is 3. The normalized spacial score (nSPS) is 20.4. The van der Waals surface area contributed by atoms with Gasteiger partial charge in [0, 0.05) is 23.9 Å². The Labute approximate surface area is 152 Å². The van der Waals surface area contributed by atoms with Crippen molar-refractivity contribution in [2.24, 2.45) is 0 Å². The van der Waals surface area contributed by atoms with Crippen LogP contribution in [0.5, 0.6) is 5.75 Å². The molecule has 0 aromatic heterocycles. The highest BCUT2D eigenvalue weighted by molar-refractivity contribution is 5.64. The minimum Gasteiger partial charge on any atom is -0.490 e. The van der Waals surface area contributed by atoms with E-state index in [-0.39, 0.29) is 17.2 Å². The largest absolute Gasteiger partial charge is 0.490 e. The van der Waals surface area contributed by atoms with E-state index in [9.17, 15) is 0 Å². The number of ether oxygens (including phenoxy) is 1. The highest BCUT2D eigenvalue weighted by atomic mass is 16.5. The maximum absolute atomic E-state index is 6.36. The standard InChI is InChI=1S/C23H31NO/c1-17-7-9-18(10-8-17)19-11-13-20(14-12-19)25-21-15-22(2,3)24(6)23(4,5)16-21/h7-14,21H,15-16H2,1-6H3. The Bertz CT molecular complexity index is 695. The molecule has 0 spiro atoms. The van der Waals surface area contributed by atoms with Crippen LogP contribution in [0.3, 0.4) is 0 Å². The van der Waals surface area contributed by atoms with Crippen molar-refractivity contribution in [1.29, 1.82) is 0 Å². The lowest BCUT2D eigenvalue weighted by Gasteiger charge is -2.53. The first-order chi connectivity index (χ1) is 11.7. The molecule has 2 aromatic rings. The SMILES string of the molecule is Cc1ccc(-c2ccc(OC3CC(C)(C)N(C)C(C)(C)C3)cc2)cc1. The number of aryl methyl sites for hydroxylation is 1. The average molecular weight is 338 g/mol. The summed E-state index contributed by atoms with van der Waals surface area (Å²) >= 11 is 0. The Kier molecular flexibility index (Phi) is 4.68. The number of hydrogen-bond donors (Lipinski definition) is 0. The van der Waals surface area contributed by atoms with Gasteiger partial charge in [-0.2, -0.15) is 0 Å².